The predicted octanol–water partition coefficient (Wildman–Crippen LogP) is 4.13. The van der Waals surface area contributed by atoms with Crippen LogP contribution in [0.1, 0.15) is 23.2 Å². The van der Waals surface area contributed by atoms with E-state index in [0.29, 0.717) is 23.7 Å². The Bertz CT molecular complexity index is 721. The minimum atomic E-state index is -0.512. The summed E-state index contributed by atoms with van der Waals surface area (Å²) in [5, 5.41) is 0.627. The largest absolute Gasteiger partial charge is 0.337 e. The molecule has 3 nitrogen and oxygen atoms in total. The normalized spacial score (nSPS) is 17.3. The van der Waals surface area contributed by atoms with E-state index in [9.17, 15) is 9.18 Å². The van der Waals surface area contributed by atoms with Crippen molar-refractivity contribution in [3.05, 3.63) is 58.9 Å². The fraction of sp³-hybridized carbons (Fsp3) is 0.278. The number of halogens is 3. The van der Waals surface area contributed by atoms with Crippen molar-refractivity contribution in [3.8, 4) is 11.1 Å². The number of hydrogen-bond acceptors (Lipinski definition) is 2. The maximum atomic E-state index is 14.4. The van der Waals surface area contributed by atoms with Crippen LogP contribution in [0.25, 0.3) is 11.1 Å². The Hall–Kier alpha value is -1.62. The van der Waals surface area contributed by atoms with Crippen LogP contribution in [0.4, 0.5) is 4.39 Å². The monoisotopic (exact) mass is 368 g/mol. The number of nitrogens with two attached hydrogens (primary N) is 1. The molecule has 1 aliphatic heterocycles. The average molecular weight is 369 g/mol. The molecule has 0 aliphatic carbocycles. The fourth-order valence-corrected chi connectivity index (χ4v) is 3.00. The number of rotatable bonds is 2. The minimum Gasteiger partial charge on any atom is -0.337 e. The van der Waals surface area contributed by atoms with Crippen LogP contribution >= 0.6 is 24.0 Å². The first-order valence-electron chi connectivity index (χ1n) is 7.65. The molecule has 1 unspecified atom stereocenters. The van der Waals surface area contributed by atoms with Crippen LogP contribution in [0, 0.1) is 5.82 Å². The molecular weight excluding hydrogens is 350 g/mol. The molecule has 0 bridgehead atoms. The van der Waals surface area contributed by atoms with E-state index in [2.05, 4.69) is 0 Å². The Morgan fingerprint density at radius 3 is 2.46 bits per heavy atom. The van der Waals surface area contributed by atoms with E-state index < -0.39 is 5.82 Å². The maximum Gasteiger partial charge on any atom is 0.256 e. The second kappa shape index (κ2) is 7.97. The summed E-state index contributed by atoms with van der Waals surface area (Å²) in [6.45, 7) is 1.11. The number of carbonyl (C=O) groups is 1. The van der Waals surface area contributed by atoms with Gasteiger partial charge in [-0.2, -0.15) is 0 Å². The Kier molecular flexibility index (Phi) is 6.21. The molecule has 2 N–H and O–H groups in total. The Balaban J connectivity index is 0.00000208. The molecule has 0 spiro atoms. The molecule has 1 saturated heterocycles. The van der Waals surface area contributed by atoms with Crippen LogP contribution in [0.3, 0.4) is 0 Å². The first-order valence-corrected chi connectivity index (χ1v) is 8.03. The van der Waals surface area contributed by atoms with E-state index in [4.69, 9.17) is 17.3 Å². The van der Waals surface area contributed by atoms with Gasteiger partial charge in [0.1, 0.15) is 5.82 Å². The van der Waals surface area contributed by atoms with Crippen molar-refractivity contribution in [3.63, 3.8) is 0 Å². The van der Waals surface area contributed by atoms with E-state index in [1.54, 1.807) is 29.2 Å². The molecule has 0 saturated carbocycles. The molecular formula is C18H19Cl2FN2O. The average Bonchev–Trinajstić information content (AvgIpc) is 2.55. The summed E-state index contributed by atoms with van der Waals surface area (Å²) in [5.74, 6) is -0.804. The van der Waals surface area contributed by atoms with Crippen molar-refractivity contribution in [1.29, 1.82) is 0 Å². The van der Waals surface area contributed by atoms with E-state index in [1.807, 2.05) is 12.1 Å². The Labute approximate surface area is 152 Å². The molecule has 3 rings (SSSR count). The van der Waals surface area contributed by atoms with Crippen molar-refractivity contribution in [2.24, 2.45) is 5.73 Å². The third-order valence-corrected chi connectivity index (χ3v) is 4.37. The van der Waals surface area contributed by atoms with Crippen molar-refractivity contribution >= 4 is 29.9 Å². The highest BCUT2D eigenvalue weighted by Gasteiger charge is 2.24. The zero-order chi connectivity index (χ0) is 16.4. The molecule has 24 heavy (non-hydrogen) atoms. The molecule has 1 atom stereocenters. The quantitative estimate of drug-likeness (QED) is 0.865. The number of nitrogens with zero attached hydrogens (tertiary/aromatic N) is 1. The number of carbonyl (C=O) groups excluding carboxylic acids is 1. The topological polar surface area (TPSA) is 46.3 Å². The molecule has 0 radical (unpaired) electrons. The summed E-state index contributed by atoms with van der Waals surface area (Å²) < 4.78 is 14.4. The molecule has 2 aromatic carbocycles. The lowest BCUT2D eigenvalue weighted by molar-refractivity contribution is 0.0704. The van der Waals surface area contributed by atoms with Crippen LogP contribution in [-0.2, 0) is 0 Å². The molecule has 1 amide bonds. The summed E-state index contributed by atoms with van der Waals surface area (Å²) >= 11 is 5.86. The predicted molar refractivity (Wildman–Crippen MR) is 97.2 cm³/mol. The molecule has 0 aromatic heterocycles. The van der Waals surface area contributed by atoms with Gasteiger partial charge in [-0.1, -0.05) is 29.8 Å². The third kappa shape index (κ3) is 4.07. The summed E-state index contributed by atoms with van der Waals surface area (Å²) in [6.07, 6.45) is 1.76. The van der Waals surface area contributed by atoms with Crippen LogP contribution in [0.15, 0.2) is 42.5 Å². The number of piperidine rings is 1. The van der Waals surface area contributed by atoms with Gasteiger partial charge in [0, 0.05) is 24.2 Å². The van der Waals surface area contributed by atoms with Crippen molar-refractivity contribution in [2.45, 2.75) is 18.9 Å². The SMILES string of the molecule is Cl.NC1CCCN(C(=O)c2ccc(-c3ccc(Cl)cc3)cc2F)C1. The van der Waals surface area contributed by atoms with Crippen LogP contribution in [-0.4, -0.2) is 29.9 Å². The third-order valence-electron chi connectivity index (χ3n) is 4.12. The van der Waals surface area contributed by atoms with Gasteiger partial charge in [0.15, 0.2) is 0 Å². The molecule has 1 aliphatic rings. The van der Waals surface area contributed by atoms with Gasteiger partial charge in [0.2, 0.25) is 0 Å². The summed E-state index contributed by atoms with van der Waals surface area (Å²) in [4.78, 5) is 14.1. The molecule has 1 heterocycles. The minimum absolute atomic E-state index is 0. The number of hydrogen-bond donors (Lipinski definition) is 1. The Morgan fingerprint density at radius 1 is 1.17 bits per heavy atom. The van der Waals surface area contributed by atoms with Gasteiger partial charge in [-0.05, 0) is 48.2 Å². The fourth-order valence-electron chi connectivity index (χ4n) is 2.88. The van der Waals surface area contributed by atoms with Crippen molar-refractivity contribution < 1.29 is 9.18 Å². The van der Waals surface area contributed by atoms with Gasteiger partial charge in [0.05, 0.1) is 5.56 Å². The van der Waals surface area contributed by atoms with Crippen molar-refractivity contribution in [2.75, 3.05) is 13.1 Å². The van der Waals surface area contributed by atoms with E-state index in [-0.39, 0.29) is 29.9 Å². The molecule has 2 aromatic rings. The molecule has 1 fully saturated rings. The lowest BCUT2D eigenvalue weighted by Crippen LogP contribution is -2.45. The van der Waals surface area contributed by atoms with Crippen molar-refractivity contribution in [1.82, 2.24) is 4.90 Å². The number of benzene rings is 2. The summed E-state index contributed by atoms with van der Waals surface area (Å²) in [5.41, 5.74) is 7.56. The van der Waals surface area contributed by atoms with Gasteiger partial charge >= 0.3 is 0 Å². The first kappa shape index (κ1) is 18.7. The molecule has 128 valence electrons. The van der Waals surface area contributed by atoms with Gasteiger partial charge in [0.25, 0.3) is 5.91 Å². The smallest absolute Gasteiger partial charge is 0.256 e. The van der Waals surface area contributed by atoms with Crippen LogP contribution in [0.2, 0.25) is 5.02 Å². The standard InChI is InChI=1S/C18H18ClFN2O.ClH/c19-14-6-3-12(4-7-14)13-5-8-16(17(20)10-13)18(23)22-9-1-2-15(21)11-22;/h3-8,10,15H,1-2,9,11,21H2;1H. The Morgan fingerprint density at radius 2 is 1.83 bits per heavy atom. The van der Waals surface area contributed by atoms with E-state index in [0.717, 1.165) is 18.4 Å². The summed E-state index contributed by atoms with van der Waals surface area (Å²) in [6, 6.07) is 11.8. The van der Waals surface area contributed by atoms with Crippen LogP contribution < -0.4 is 5.73 Å². The van der Waals surface area contributed by atoms with Gasteiger partial charge in [-0.15, -0.1) is 12.4 Å². The van der Waals surface area contributed by atoms with Crippen LogP contribution in [0.5, 0.6) is 0 Å². The highest BCUT2D eigenvalue weighted by atomic mass is 35.5. The highest BCUT2D eigenvalue weighted by Crippen LogP contribution is 2.24. The lowest BCUT2D eigenvalue weighted by atomic mass is 10.0. The second-order valence-electron chi connectivity index (χ2n) is 5.85. The number of amides is 1. The lowest BCUT2D eigenvalue weighted by Gasteiger charge is -2.30. The first-order chi connectivity index (χ1) is 11.0. The van der Waals surface area contributed by atoms with E-state index >= 15 is 0 Å². The number of likely N-dealkylation sites (tertiary alicyclic amines) is 1. The van der Waals surface area contributed by atoms with E-state index in [1.165, 1.54) is 6.07 Å². The zero-order valence-corrected chi connectivity index (χ0v) is 14.6. The van der Waals surface area contributed by atoms with Gasteiger partial charge in [-0.25, -0.2) is 4.39 Å². The summed E-state index contributed by atoms with van der Waals surface area (Å²) in [7, 11) is 0. The van der Waals surface area contributed by atoms with Gasteiger partial charge < -0.3 is 10.6 Å². The van der Waals surface area contributed by atoms with Gasteiger partial charge in [-0.3, -0.25) is 4.79 Å². The maximum absolute atomic E-state index is 14.4. The highest BCUT2D eigenvalue weighted by molar-refractivity contribution is 6.30. The second-order valence-corrected chi connectivity index (χ2v) is 6.29. The molecule has 6 heteroatoms. The zero-order valence-electron chi connectivity index (χ0n) is 13.0.